The van der Waals surface area contributed by atoms with Crippen LogP contribution in [0.2, 0.25) is 0 Å². The standard InChI is InChI=1S/C11H24N2O/c1-10(2)9-11(3-4-12)13-5-7-14-8-6-13/h10-11H,3-9,12H2,1-2H3. The molecule has 0 saturated carbocycles. The zero-order valence-electron chi connectivity index (χ0n) is 9.54. The van der Waals surface area contributed by atoms with Gasteiger partial charge in [0.05, 0.1) is 13.2 Å². The molecule has 1 aliphatic heterocycles. The zero-order chi connectivity index (χ0) is 10.4. The fourth-order valence-corrected chi connectivity index (χ4v) is 2.13. The monoisotopic (exact) mass is 200 g/mol. The second-order valence-electron chi connectivity index (χ2n) is 4.51. The molecule has 0 aromatic heterocycles. The lowest BCUT2D eigenvalue weighted by Gasteiger charge is -2.35. The Morgan fingerprint density at radius 1 is 1.29 bits per heavy atom. The molecule has 0 aromatic carbocycles. The Labute approximate surface area is 87.6 Å². The molecule has 1 unspecified atom stereocenters. The van der Waals surface area contributed by atoms with Crippen molar-refractivity contribution >= 4 is 0 Å². The molecule has 1 aliphatic rings. The number of nitrogens with two attached hydrogens (primary N) is 1. The molecule has 1 heterocycles. The van der Waals surface area contributed by atoms with Gasteiger partial charge in [-0.25, -0.2) is 0 Å². The highest BCUT2D eigenvalue weighted by Gasteiger charge is 2.20. The first-order chi connectivity index (χ1) is 6.74. The van der Waals surface area contributed by atoms with E-state index in [4.69, 9.17) is 10.5 Å². The summed E-state index contributed by atoms with van der Waals surface area (Å²) in [4.78, 5) is 2.54. The summed E-state index contributed by atoms with van der Waals surface area (Å²) in [6.07, 6.45) is 2.38. The molecular formula is C11H24N2O. The highest BCUT2D eigenvalue weighted by molar-refractivity contribution is 4.75. The van der Waals surface area contributed by atoms with Crippen molar-refractivity contribution in [3.63, 3.8) is 0 Å². The number of hydrogen-bond acceptors (Lipinski definition) is 3. The van der Waals surface area contributed by atoms with Crippen molar-refractivity contribution in [2.24, 2.45) is 11.7 Å². The summed E-state index contributed by atoms with van der Waals surface area (Å²) in [7, 11) is 0. The number of rotatable bonds is 5. The summed E-state index contributed by atoms with van der Waals surface area (Å²) in [5.74, 6) is 0.759. The first kappa shape index (κ1) is 12.0. The Balaban J connectivity index is 2.38. The van der Waals surface area contributed by atoms with Crippen LogP contribution in [0.3, 0.4) is 0 Å². The van der Waals surface area contributed by atoms with E-state index in [1.54, 1.807) is 0 Å². The predicted octanol–water partition coefficient (Wildman–Crippen LogP) is 1.08. The van der Waals surface area contributed by atoms with Gasteiger partial charge in [0.1, 0.15) is 0 Å². The highest BCUT2D eigenvalue weighted by Crippen LogP contribution is 2.15. The first-order valence-corrected chi connectivity index (χ1v) is 5.76. The molecule has 0 bridgehead atoms. The lowest BCUT2D eigenvalue weighted by atomic mass is 9.99. The molecular weight excluding hydrogens is 176 g/mol. The third kappa shape index (κ3) is 3.95. The maximum atomic E-state index is 5.65. The van der Waals surface area contributed by atoms with E-state index in [0.717, 1.165) is 45.2 Å². The Kier molecular flexibility index (Phi) is 5.45. The summed E-state index contributed by atoms with van der Waals surface area (Å²) in [6.45, 7) is 9.30. The van der Waals surface area contributed by atoms with E-state index in [0.29, 0.717) is 6.04 Å². The quantitative estimate of drug-likeness (QED) is 0.722. The van der Waals surface area contributed by atoms with Crippen LogP contribution in [0.15, 0.2) is 0 Å². The minimum absolute atomic E-state index is 0.670. The van der Waals surface area contributed by atoms with Crippen molar-refractivity contribution in [3.05, 3.63) is 0 Å². The third-order valence-corrected chi connectivity index (χ3v) is 2.81. The fourth-order valence-electron chi connectivity index (χ4n) is 2.13. The smallest absolute Gasteiger partial charge is 0.0594 e. The van der Waals surface area contributed by atoms with Crippen molar-refractivity contribution in [1.29, 1.82) is 0 Å². The van der Waals surface area contributed by atoms with Crippen LogP contribution in [0.1, 0.15) is 26.7 Å². The molecule has 3 nitrogen and oxygen atoms in total. The summed E-state index contributed by atoms with van der Waals surface area (Å²) in [5, 5.41) is 0. The molecule has 1 rings (SSSR count). The molecule has 2 N–H and O–H groups in total. The van der Waals surface area contributed by atoms with E-state index in [9.17, 15) is 0 Å². The molecule has 0 aromatic rings. The molecule has 1 saturated heterocycles. The van der Waals surface area contributed by atoms with Gasteiger partial charge in [0, 0.05) is 19.1 Å². The third-order valence-electron chi connectivity index (χ3n) is 2.81. The first-order valence-electron chi connectivity index (χ1n) is 5.76. The molecule has 0 amide bonds. The highest BCUT2D eigenvalue weighted by atomic mass is 16.5. The zero-order valence-corrected chi connectivity index (χ0v) is 9.54. The van der Waals surface area contributed by atoms with E-state index in [1.165, 1.54) is 6.42 Å². The summed E-state index contributed by atoms with van der Waals surface area (Å²) < 4.78 is 5.36. The van der Waals surface area contributed by atoms with Crippen molar-refractivity contribution in [3.8, 4) is 0 Å². The van der Waals surface area contributed by atoms with E-state index in [-0.39, 0.29) is 0 Å². The van der Waals surface area contributed by atoms with Gasteiger partial charge in [-0.1, -0.05) is 13.8 Å². The number of morpholine rings is 1. The molecule has 1 fully saturated rings. The average molecular weight is 200 g/mol. The Bertz CT molecular complexity index is 144. The lowest BCUT2D eigenvalue weighted by Crippen LogP contribution is -2.44. The fraction of sp³-hybridized carbons (Fsp3) is 1.00. The summed E-state index contributed by atoms with van der Waals surface area (Å²) >= 11 is 0. The lowest BCUT2D eigenvalue weighted by molar-refractivity contribution is 0.0108. The molecule has 1 atom stereocenters. The second kappa shape index (κ2) is 6.38. The number of ether oxygens (including phenoxy) is 1. The van der Waals surface area contributed by atoms with Gasteiger partial charge in [-0.15, -0.1) is 0 Å². The van der Waals surface area contributed by atoms with Crippen molar-refractivity contribution in [2.75, 3.05) is 32.8 Å². The Morgan fingerprint density at radius 2 is 1.93 bits per heavy atom. The molecule has 0 aliphatic carbocycles. The Morgan fingerprint density at radius 3 is 2.43 bits per heavy atom. The summed E-state index contributed by atoms with van der Waals surface area (Å²) in [6, 6.07) is 0.670. The van der Waals surface area contributed by atoms with Gasteiger partial charge < -0.3 is 10.5 Å². The molecule has 14 heavy (non-hydrogen) atoms. The van der Waals surface area contributed by atoms with E-state index in [1.807, 2.05) is 0 Å². The van der Waals surface area contributed by atoms with Crippen LogP contribution >= 0.6 is 0 Å². The molecule has 3 heteroatoms. The molecule has 84 valence electrons. The van der Waals surface area contributed by atoms with E-state index >= 15 is 0 Å². The van der Waals surface area contributed by atoms with Crippen LogP contribution in [-0.2, 0) is 4.74 Å². The van der Waals surface area contributed by atoms with Crippen molar-refractivity contribution in [2.45, 2.75) is 32.7 Å². The molecule has 0 spiro atoms. The normalized spacial score (nSPS) is 21.4. The van der Waals surface area contributed by atoms with Gasteiger partial charge in [-0.3, -0.25) is 4.90 Å². The second-order valence-corrected chi connectivity index (χ2v) is 4.51. The predicted molar refractivity (Wildman–Crippen MR) is 59.3 cm³/mol. The van der Waals surface area contributed by atoms with Crippen molar-refractivity contribution in [1.82, 2.24) is 4.90 Å². The van der Waals surface area contributed by atoms with Gasteiger partial charge in [0.25, 0.3) is 0 Å². The minimum atomic E-state index is 0.670. The van der Waals surface area contributed by atoms with Crippen LogP contribution in [0.25, 0.3) is 0 Å². The van der Waals surface area contributed by atoms with Crippen molar-refractivity contribution < 1.29 is 4.74 Å². The van der Waals surface area contributed by atoms with Gasteiger partial charge in [0.2, 0.25) is 0 Å². The maximum Gasteiger partial charge on any atom is 0.0594 e. The van der Waals surface area contributed by atoms with E-state index < -0.39 is 0 Å². The average Bonchev–Trinajstić information content (AvgIpc) is 2.18. The minimum Gasteiger partial charge on any atom is -0.379 e. The van der Waals surface area contributed by atoms with Gasteiger partial charge in [0.15, 0.2) is 0 Å². The van der Waals surface area contributed by atoms with Crippen LogP contribution in [0, 0.1) is 5.92 Å². The van der Waals surface area contributed by atoms with Crippen LogP contribution < -0.4 is 5.73 Å². The topological polar surface area (TPSA) is 38.5 Å². The van der Waals surface area contributed by atoms with Gasteiger partial charge in [-0.2, -0.15) is 0 Å². The van der Waals surface area contributed by atoms with Gasteiger partial charge in [-0.05, 0) is 25.3 Å². The largest absolute Gasteiger partial charge is 0.379 e. The Hall–Kier alpha value is -0.120. The SMILES string of the molecule is CC(C)CC(CCN)N1CCOCC1. The van der Waals surface area contributed by atoms with Crippen LogP contribution in [-0.4, -0.2) is 43.8 Å². The number of nitrogens with zero attached hydrogens (tertiary/aromatic N) is 1. The van der Waals surface area contributed by atoms with Crippen LogP contribution in [0.5, 0.6) is 0 Å². The van der Waals surface area contributed by atoms with E-state index in [2.05, 4.69) is 18.7 Å². The summed E-state index contributed by atoms with van der Waals surface area (Å²) in [5.41, 5.74) is 5.65. The van der Waals surface area contributed by atoms with Crippen LogP contribution in [0.4, 0.5) is 0 Å². The molecule has 0 radical (unpaired) electrons. The number of hydrogen-bond donors (Lipinski definition) is 1. The maximum absolute atomic E-state index is 5.65. The van der Waals surface area contributed by atoms with Gasteiger partial charge >= 0.3 is 0 Å².